The van der Waals surface area contributed by atoms with Crippen molar-refractivity contribution in [2.24, 2.45) is 0 Å². The molecule has 0 bridgehead atoms. The molecular weight excluding hydrogens is 472 g/mol. The van der Waals surface area contributed by atoms with E-state index >= 15 is 0 Å². The van der Waals surface area contributed by atoms with Crippen LogP contribution in [0, 0.1) is 6.92 Å². The molecule has 0 N–H and O–H groups in total. The second-order valence-electron chi connectivity index (χ2n) is 9.16. The number of piperazine rings is 1. The Balaban J connectivity index is 1.26. The van der Waals surface area contributed by atoms with E-state index in [1.54, 1.807) is 48.8 Å². The van der Waals surface area contributed by atoms with E-state index in [1.807, 2.05) is 36.2 Å². The second-order valence-corrected chi connectivity index (χ2v) is 11.1. The first-order chi connectivity index (χ1) is 17.4. The molecule has 0 unspecified atom stereocenters. The molecule has 0 aliphatic carbocycles. The molecule has 1 aliphatic heterocycles. The van der Waals surface area contributed by atoms with Crippen molar-refractivity contribution >= 4 is 26.6 Å². The first-order valence-corrected chi connectivity index (χ1v) is 13.6. The zero-order chi connectivity index (χ0) is 25.1. The molecular formula is C28H28N4O3S. The fraction of sp³-hybridized carbons (Fsp3) is 0.250. The summed E-state index contributed by atoms with van der Waals surface area (Å²) in [6.07, 6.45) is 5.24. The van der Waals surface area contributed by atoms with E-state index in [1.165, 1.54) is 0 Å². The van der Waals surface area contributed by atoms with Crippen molar-refractivity contribution in [2.75, 3.05) is 26.2 Å². The van der Waals surface area contributed by atoms with Gasteiger partial charge in [0, 0.05) is 62.3 Å². The zero-order valence-electron chi connectivity index (χ0n) is 20.2. The number of amides is 1. The van der Waals surface area contributed by atoms with Crippen LogP contribution in [0.4, 0.5) is 0 Å². The van der Waals surface area contributed by atoms with E-state index < -0.39 is 9.84 Å². The lowest BCUT2D eigenvalue weighted by molar-refractivity contribution is 0.0628. The van der Waals surface area contributed by atoms with Gasteiger partial charge in [-0.05, 0) is 53.9 Å². The Hall–Kier alpha value is -3.62. The molecule has 1 amide bonds. The number of benzene rings is 2. The Morgan fingerprint density at radius 3 is 2.47 bits per heavy atom. The number of carbonyl (C=O) groups excluding carboxylic acids is 1. The van der Waals surface area contributed by atoms with Crippen LogP contribution in [0.25, 0.3) is 10.9 Å². The van der Waals surface area contributed by atoms with Gasteiger partial charge in [0.15, 0.2) is 9.84 Å². The second kappa shape index (κ2) is 10.2. The molecule has 0 spiro atoms. The first kappa shape index (κ1) is 24.1. The number of aryl methyl sites for hydroxylation is 1. The van der Waals surface area contributed by atoms with Gasteiger partial charge in [0.05, 0.1) is 16.2 Å². The van der Waals surface area contributed by atoms with E-state index in [4.69, 9.17) is 0 Å². The molecule has 0 atom stereocenters. The summed E-state index contributed by atoms with van der Waals surface area (Å²) in [7, 11) is -3.62. The maximum Gasteiger partial charge on any atom is 0.253 e. The van der Waals surface area contributed by atoms with Crippen LogP contribution in [0.15, 0.2) is 84.1 Å². The average molecular weight is 501 g/mol. The Morgan fingerprint density at radius 2 is 1.72 bits per heavy atom. The summed E-state index contributed by atoms with van der Waals surface area (Å²) < 4.78 is 26.5. The van der Waals surface area contributed by atoms with Gasteiger partial charge in [-0.15, -0.1) is 0 Å². The molecule has 0 saturated carbocycles. The third kappa shape index (κ3) is 5.15. The molecule has 2 aromatic heterocycles. The maximum absolute atomic E-state index is 13.3. The summed E-state index contributed by atoms with van der Waals surface area (Å²) >= 11 is 0. The van der Waals surface area contributed by atoms with Crippen LogP contribution < -0.4 is 0 Å². The molecule has 2 aromatic carbocycles. The van der Waals surface area contributed by atoms with E-state index in [0.717, 1.165) is 36.1 Å². The molecule has 3 heterocycles. The summed E-state index contributed by atoms with van der Waals surface area (Å²) in [5.41, 5.74) is 3.69. The Bertz CT molecular complexity index is 1490. The quantitative estimate of drug-likeness (QED) is 0.400. The molecule has 5 rings (SSSR count). The number of rotatable bonds is 6. The Kier molecular flexibility index (Phi) is 6.80. The number of aromatic nitrogens is 2. The maximum atomic E-state index is 13.3. The lowest BCUT2D eigenvalue weighted by Crippen LogP contribution is -2.48. The van der Waals surface area contributed by atoms with Gasteiger partial charge in [-0.2, -0.15) is 0 Å². The van der Waals surface area contributed by atoms with Gasteiger partial charge in [0.25, 0.3) is 5.91 Å². The van der Waals surface area contributed by atoms with Crippen LogP contribution >= 0.6 is 0 Å². The van der Waals surface area contributed by atoms with Gasteiger partial charge in [0.1, 0.15) is 0 Å². The first-order valence-electron chi connectivity index (χ1n) is 12.0. The van der Waals surface area contributed by atoms with Crippen LogP contribution in [0.3, 0.4) is 0 Å². The summed E-state index contributed by atoms with van der Waals surface area (Å²) in [5.74, 6) is -0.164. The van der Waals surface area contributed by atoms with Crippen LogP contribution in [0.5, 0.6) is 0 Å². The van der Waals surface area contributed by atoms with Crippen molar-refractivity contribution in [3.05, 3.63) is 102 Å². The number of sulfone groups is 1. The minimum absolute atomic E-state index is 0.0215. The topological polar surface area (TPSA) is 83.5 Å². The Labute approximate surface area is 211 Å². The highest BCUT2D eigenvalue weighted by Gasteiger charge is 2.24. The molecule has 1 saturated heterocycles. The number of hydrogen-bond donors (Lipinski definition) is 0. The number of para-hydroxylation sites is 1. The van der Waals surface area contributed by atoms with Crippen molar-refractivity contribution in [2.45, 2.75) is 24.1 Å². The minimum atomic E-state index is -3.62. The normalized spacial score (nSPS) is 14.8. The van der Waals surface area contributed by atoms with Crippen molar-refractivity contribution in [3.8, 4) is 0 Å². The zero-order valence-corrected chi connectivity index (χ0v) is 21.0. The van der Waals surface area contributed by atoms with Crippen molar-refractivity contribution in [1.82, 2.24) is 19.8 Å². The standard InChI is InChI=1S/C28H28N4O3S/c1-21-17-24(28(33)32-15-13-31(14-16-32)19-22-5-3-11-29-18-22)9-10-25(21)20-36(34,35)26-8-2-6-23-7-4-12-30-27(23)26/h2-12,17-18H,13-16,19-20H2,1H3. The molecule has 0 radical (unpaired) electrons. The number of pyridine rings is 2. The molecule has 7 nitrogen and oxygen atoms in total. The number of hydrogen-bond acceptors (Lipinski definition) is 6. The van der Waals surface area contributed by atoms with Crippen LogP contribution in [0.2, 0.25) is 0 Å². The highest BCUT2D eigenvalue weighted by molar-refractivity contribution is 7.90. The number of nitrogens with zero attached hydrogens (tertiary/aromatic N) is 4. The summed E-state index contributed by atoms with van der Waals surface area (Å²) in [5, 5.41) is 0.789. The molecule has 1 aliphatic rings. The van der Waals surface area contributed by atoms with Crippen molar-refractivity contribution in [1.29, 1.82) is 0 Å². The highest BCUT2D eigenvalue weighted by Crippen LogP contribution is 2.26. The van der Waals surface area contributed by atoms with Crippen molar-refractivity contribution < 1.29 is 13.2 Å². The largest absolute Gasteiger partial charge is 0.336 e. The number of fused-ring (bicyclic) bond motifs is 1. The summed E-state index contributed by atoms with van der Waals surface area (Å²) in [4.78, 5) is 26.0. The van der Waals surface area contributed by atoms with Crippen LogP contribution in [0.1, 0.15) is 27.0 Å². The van der Waals surface area contributed by atoms with Gasteiger partial charge >= 0.3 is 0 Å². The predicted molar refractivity (Wildman–Crippen MR) is 139 cm³/mol. The fourth-order valence-electron chi connectivity index (χ4n) is 4.64. The summed E-state index contributed by atoms with van der Waals surface area (Å²) in [6.45, 7) is 5.59. The lowest BCUT2D eigenvalue weighted by atomic mass is 10.1. The molecule has 4 aromatic rings. The van der Waals surface area contributed by atoms with Gasteiger partial charge in [0.2, 0.25) is 0 Å². The molecule has 8 heteroatoms. The Morgan fingerprint density at radius 1 is 0.944 bits per heavy atom. The lowest BCUT2D eigenvalue weighted by Gasteiger charge is -2.34. The smallest absolute Gasteiger partial charge is 0.253 e. The van der Waals surface area contributed by atoms with E-state index in [9.17, 15) is 13.2 Å². The number of carbonyl (C=O) groups is 1. The van der Waals surface area contributed by atoms with Crippen LogP contribution in [-0.4, -0.2) is 60.3 Å². The van der Waals surface area contributed by atoms with Gasteiger partial charge in [-0.3, -0.25) is 19.7 Å². The van der Waals surface area contributed by atoms with Gasteiger partial charge in [-0.25, -0.2) is 8.42 Å². The monoisotopic (exact) mass is 500 g/mol. The van der Waals surface area contributed by atoms with Gasteiger partial charge in [-0.1, -0.05) is 30.3 Å². The van der Waals surface area contributed by atoms with E-state index in [-0.39, 0.29) is 16.6 Å². The SMILES string of the molecule is Cc1cc(C(=O)N2CCN(Cc3cccnc3)CC2)ccc1CS(=O)(=O)c1cccc2cccnc12. The highest BCUT2D eigenvalue weighted by atomic mass is 32.2. The van der Waals surface area contributed by atoms with Crippen LogP contribution in [-0.2, 0) is 22.1 Å². The fourth-order valence-corrected chi connectivity index (χ4v) is 6.28. The van der Waals surface area contributed by atoms with Gasteiger partial charge < -0.3 is 4.90 Å². The predicted octanol–water partition coefficient (Wildman–Crippen LogP) is 3.87. The molecule has 1 fully saturated rings. The molecule has 184 valence electrons. The van der Waals surface area contributed by atoms with E-state index in [0.29, 0.717) is 29.7 Å². The minimum Gasteiger partial charge on any atom is -0.336 e. The molecule has 36 heavy (non-hydrogen) atoms. The average Bonchev–Trinajstić information content (AvgIpc) is 2.90. The van der Waals surface area contributed by atoms with Crippen molar-refractivity contribution in [3.63, 3.8) is 0 Å². The summed E-state index contributed by atoms with van der Waals surface area (Å²) in [6, 6.07) is 18.1. The van der Waals surface area contributed by atoms with E-state index in [2.05, 4.69) is 20.9 Å². The third-order valence-electron chi connectivity index (χ3n) is 6.65. The third-order valence-corrected chi connectivity index (χ3v) is 8.34.